The molecule has 1 aromatic carbocycles. The number of hydrogen-bond donors (Lipinski definition) is 1. The Bertz CT molecular complexity index is 848. The van der Waals surface area contributed by atoms with Gasteiger partial charge >= 0.3 is 0 Å². The van der Waals surface area contributed by atoms with Crippen molar-refractivity contribution >= 4 is 21.6 Å². The van der Waals surface area contributed by atoms with Crippen molar-refractivity contribution in [2.24, 2.45) is 7.05 Å². The molecule has 1 heterocycles. The average molecular weight is 372 g/mol. The van der Waals surface area contributed by atoms with Crippen LogP contribution in [0.4, 0.5) is 0 Å². The third-order valence-electron chi connectivity index (χ3n) is 4.20. The highest BCUT2D eigenvalue weighted by Crippen LogP contribution is 2.27. The van der Waals surface area contributed by atoms with Gasteiger partial charge in [0.05, 0.1) is 11.4 Å². The third-order valence-corrected chi connectivity index (χ3v) is 6.08. The van der Waals surface area contributed by atoms with Crippen LogP contribution in [0.5, 0.6) is 0 Å². The molecule has 0 aliphatic rings. The van der Waals surface area contributed by atoms with Crippen molar-refractivity contribution in [1.82, 2.24) is 14.5 Å². The Morgan fingerprint density at radius 3 is 2.54 bits per heavy atom. The minimum absolute atomic E-state index is 0.0694. The predicted molar refractivity (Wildman–Crippen MR) is 93.7 cm³/mol. The van der Waals surface area contributed by atoms with Crippen LogP contribution in [-0.4, -0.2) is 31.9 Å². The first kappa shape index (κ1) is 18.9. The van der Waals surface area contributed by atoms with E-state index in [0.717, 1.165) is 5.56 Å². The van der Waals surface area contributed by atoms with Crippen LogP contribution in [0.25, 0.3) is 0 Å². The average Bonchev–Trinajstić information content (AvgIpc) is 2.78. The van der Waals surface area contributed by atoms with Gasteiger partial charge in [-0.1, -0.05) is 23.7 Å². The zero-order chi connectivity index (χ0) is 18.1. The maximum absolute atomic E-state index is 12.7. The fraction of sp³-hybridized carbons (Fsp3) is 0.438. The number of methoxy groups -OCH3 is 1. The summed E-state index contributed by atoms with van der Waals surface area (Å²) in [5.74, 6) is 0. The van der Waals surface area contributed by atoms with Crippen molar-refractivity contribution in [3.8, 4) is 0 Å². The quantitative estimate of drug-likeness (QED) is 0.846. The Balaban J connectivity index is 2.30. The highest BCUT2D eigenvalue weighted by atomic mass is 35.5. The van der Waals surface area contributed by atoms with Gasteiger partial charge in [-0.3, -0.25) is 4.68 Å². The monoisotopic (exact) mass is 371 g/mol. The molecule has 1 aromatic heterocycles. The molecular formula is C16H22ClN3O3S. The molecule has 0 fully saturated rings. The molecule has 2 rings (SSSR count). The molecule has 1 atom stereocenters. The molecule has 0 spiro atoms. The number of sulfonamides is 1. The molecular weight excluding hydrogens is 350 g/mol. The molecule has 24 heavy (non-hydrogen) atoms. The van der Waals surface area contributed by atoms with Crippen LogP contribution in [0.15, 0.2) is 29.2 Å². The van der Waals surface area contributed by atoms with E-state index in [2.05, 4.69) is 9.82 Å². The summed E-state index contributed by atoms with van der Waals surface area (Å²) in [6.07, 6.45) is 0. The first-order valence-electron chi connectivity index (χ1n) is 7.42. The van der Waals surface area contributed by atoms with E-state index in [4.69, 9.17) is 16.3 Å². The van der Waals surface area contributed by atoms with Crippen molar-refractivity contribution in [3.63, 3.8) is 0 Å². The summed E-state index contributed by atoms with van der Waals surface area (Å²) in [5.41, 5.74) is 0.994. The summed E-state index contributed by atoms with van der Waals surface area (Å²) in [7, 11) is -0.456. The normalized spacial score (nSPS) is 14.6. The Hall–Kier alpha value is -1.41. The molecule has 1 N–H and O–H groups in total. The van der Waals surface area contributed by atoms with E-state index >= 15 is 0 Å². The Morgan fingerprint density at radius 2 is 2.04 bits per heavy atom. The summed E-state index contributed by atoms with van der Waals surface area (Å²) in [6, 6.07) is 7.18. The smallest absolute Gasteiger partial charge is 0.244 e. The van der Waals surface area contributed by atoms with E-state index in [1.165, 1.54) is 7.11 Å². The van der Waals surface area contributed by atoms with Crippen molar-refractivity contribution < 1.29 is 13.2 Å². The number of ether oxygens (including phenoxy) is 1. The minimum Gasteiger partial charge on any atom is -0.372 e. The number of aromatic nitrogens is 2. The molecule has 0 bridgehead atoms. The fourth-order valence-electron chi connectivity index (χ4n) is 2.56. The summed E-state index contributed by atoms with van der Waals surface area (Å²) in [6.45, 7) is 5.28. The van der Waals surface area contributed by atoms with Crippen molar-refractivity contribution in [2.45, 2.75) is 31.3 Å². The van der Waals surface area contributed by atoms with Gasteiger partial charge in [-0.25, -0.2) is 13.1 Å². The van der Waals surface area contributed by atoms with Gasteiger partial charge < -0.3 is 4.74 Å². The van der Waals surface area contributed by atoms with Crippen LogP contribution in [-0.2, 0) is 27.4 Å². The van der Waals surface area contributed by atoms with Gasteiger partial charge in [0.25, 0.3) is 0 Å². The summed E-state index contributed by atoms with van der Waals surface area (Å²) >= 11 is 6.03. The second-order valence-electron chi connectivity index (χ2n) is 5.89. The fourth-order valence-corrected chi connectivity index (χ4v) is 4.31. The van der Waals surface area contributed by atoms with Gasteiger partial charge in [-0.15, -0.1) is 0 Å². The van der Waals surface area contributed by atoms with Gasteiger partial charge in [0.2, 0.25) is 10.0 Å². The number of nitrogens with one attached hydrogen (secondary N) is 1. The van der Waals surface area contributed by atoms with E-state index in [9.17, 15) is 8.42 Å². The largest absolute Gasteiger partial charge is 0.372 e. The number of aryl methyl sites for hydroxylation is 2. The number of hydrogen-bond acceptors (Lipinski definition) is 4. The molecule has 2 aromatic rings. The maximum Gasteiger partial charge on any atom is 0.244 e. The third kappa shape index (κ3) is 3.64. The molecule has 8 heteroatoms. The molecule has 0 aliphatic heterocycles. The van der Waals surface area contributed by atoms with Crippen molar-refractivity contribution in [3.05, 3.63) is 46.2 Å². The molecule has 132 valence electrons. The first-order chi connectivity index (χ1) is 11.1. The lowest BCUT2D eigenvalue weighted by Gasteiger charge is -2.29. The van der Waals surface area contributed by atoms with E-state index in [-0.39, 0.29) is 11.4 Å². The molecule has 0 unspecified atom stereocenters. The van der Waals surface area contributed by atoms with E-state index < -0.39 is 15.6 Å². The Labute approximate surface area is 147 Å². The lowest BCUT2D eigenvalue weighted by Crippen LogP contribution is -2.40. The summed E-state index contributed by atoms with van der Waals surface area (Å²) < 4.78 is 35.2. The van der Waals surface area contributed by atoms with Crippen LogP contribution in [0, 0.1) is 13.8 Å². The van der Waals surface area contributed by atoms with Crippen LogP contribution >= 0.6 is 11.6 Å². The topological polar surface area (TPSA) is 73.2 Å². The van der Waals surface area contributed by atoms with E-state index in [1.54, 1.807) is 43.8 Å². The van der Waals surface area contributed by atoms with Crippen molar-refractivity contribution in [2.75, 3.05) is 13.7 Å². The molecule has 0 radical (unpaired) electrons. The van der Waals surface area contributed by atoms with E-state index in [1.807, 2.05) is 13.0 Å². The van der Waals surface area contributed by atoms with Crippen LogP contribution in [0.2, 0.25) is 5.02 Å². The zero-order valence-corrected chi connectivity index (χ0v) is 16.0. The predicted octanol–water partition coefficient (Wildman–Crippen LogP) is 2.53. The number of rotatable bonds is 6. The van der Waals surface area contributed by atoms with Gasteiger partial charge in [0, 0.05) is 25.7 Å². The lowest BCUT2D eigenvalue weighted by molar-refractivity contribution is 0.00698. The van der Waals surface area contributed by atoms with Gasteiger partial charge in [-0.2, -0.15) is 5.10 Å². The molecule has 0 saturated heterocycles. The van der Waals surface area contributed by atoms with Crippen LogP contribution < -0.4 is 4.72 Å². The maximum atomic E-state index is 12.7. The van der Waals surface area contributed by atoms with E-state index in [0.29, 0.717) is 16.4 Å². The molecule has 0 amide bonds. The second kappa shape index (κ2) is 6.84. The SMILES string of the molecule is CO[C@](C)(CNS(=O)(=O)c1c(C)nn(C)c1C)c1cccc(Cl)c1. The van der Waals surface area contributed by atoms with Crippen molar-refractivity contribution in [1.29, 1.82) is 0 Å². The van der Waals surface area contributed by atoms with Crippen LogP contribution in [0.1, 0.15) is 23.9 Å². The zero-order valence-electron chi connectivity index (χ0n) is 14.4. The summed E-state index contributed by atoms with van der Waals surface area (Å²) in [4.78, 5) is 0.203. The molecule has 6 nitrogen and oxygen atoms in total. The Kier molecular flexibility index (Phi) is 5.39. The highest BCUT2D eigenvalue weighted by Gasteiger charge is 2.31. The van der Waals surface area contributed by atoms with Crippen LogP contribution in [0.3, 0.4) is 0 Å². The standard InChI is InChI=1S/C16H22ClN3O3S/c1-11-15(12(2)20(4)19-11)24(21,22)18-10-16(3,23-5)13-7-6-8-14(17)9-13/h6-9,18H,10H2,1-5H3/t16-/m1/s1. The highest BCUT2D eigenvalue weighted by molar-refractivity contribution is 7.89. The summed E-state index contributed by atoms with van der Waals surface area (Å²) in [5, 5.41) is 4.73. The van der Waals surface area contributed by atoms with Gasteiger partial charge in [0.15, 0.2) is 0 Å². The number of halogens is 1. The molecule has 0 saturated carbocycles. The number of benzene rings is 1. The lowest BCUT2D eigenvalue weighted by atomic mass is 9.96. The van der Waals surface area contributed by atoms with Gasteiger partial charge in [-0.05, 0) is 38.5 Å². The second-order valence-corrected chi connectivity index (χ2v) is 8.03. The molecule has 0 aliphatic carbocycles. The first-order valence-corrected chi connectivity index (χ1v) is 9.28. The minimum atomic E-state index is -3.71. The Morgan fingerprint density at radius 1 is 1.38 bits per heavy atom. The number of nitrogens with zero attached hydrogens (tertiary/aromatic N) is 2. The van der Waals surface area contributed by atoms with Gasteiger partial charge in [0.1, 0.15) is 10.5 Å².